The Labute approximate surface area is 409 Å². The molecule has 3 heteroatoms. The monoisotopic (exact) mass is 886 g/mol. The summed E-state index contributed by atoms with van der Waals surface area (Å²) in [6.45, 7) is -0.0375. The molecule has 2 aliphatic carbocycles. The number of nitrogens with zero attached hydrogens (tertiary/aromatic N) is 2. The largest absolute Gasteiger partial charge is 0.311 e. The highest BCUT2D eigenvalue weighted by Crippen LogP contribution is 2.63. The molecule has 0 atom stereocenters. The van der Waals surface area contributed by atoms with E-state index in [-0.39, 0.29) is 6.71 Å². The zero-order chi connectivity index (χ0) is 45.9. The van der Waals surface area contributed by atoms with E-state index in [4.69, 9.17) is 0 Å². The van der Waals surface area contributed by atoms with E-state index >= 15 is 0 Å². The van der Waals surface area contributed by atoms with E-state index in [2.05, 4.69) is 271 Å². The molecule has 0 radical (unpaired) electrons. The molecule has 0 N–H and O–H groups in total. The van der Waals surface area contributed by atoms with Gasteiger partial charge in [0, 0.05) is 34.1 Å². The molecule has 0 saturated heterocycles. The average Bonchev–Trinajstić information content (AvgIpc) is 3.90. The van der Waals surface area contributed by atoms with Gasteiger partial charge in [-0.05, 0) is 143 Å². The topological polar surface area (TPSA) is 6.48 Å². The molecule has 0 fully saturated rings. The highest BCUT2D eigenvalue weighted by molar-refractivity contribution is 7.00. The summed E-state index contributed by atoms with van der Waals surface area (Å²) >= 11 is 0. The summed E-state index contributed by atoms with van der Waals surface area (Å²) in [5.41, 5.74) is 28.4. The number of anilines is 6. The van der Waals surface area contributed by atoms with E-state index in [1.807, 2.05) is 0 Å². The Balaban J connectivity index is 0.981. The third-order valence-electron chi connectivity index (χ3n) is 15.7. The summed E-state index contributed by atoms with van der Waals surface area (Å²) in [5, 5.41) is 0. The Morgan fingerprint density at radius 1 is 0.257 bits per heavy atom. The number of hydrogen-bond acceptors (Lipinski definition) is 2. The van der Waals surface area contributed by atoms with Gasteiger partial charge in [0.05, 0.1) is 5.41 Å². The molecule has 11 aromatic rings. The summed E-state index contributed by atoms with van der Waals surface area (Å²) in [6, 6.07) is 97.4. The van der Waals surface area contributed by atoms with Crippen LogP contribution < -0.4 is 26.2 Å². The van der Waals surface area contributed by atoms with Crippen molar-refractivity contribution in [3.8, 4) is 55.6 Å². The van der Waals surface area contributed by atoms with Crippen LogP contribution in [0, 0.1) is 0 Å². The highest BCUT2D eigenvalue weighted by Gasteiger charge is 2.52. The van der Waals surface area contributed by atoms with Gasteiger partial charge in [0.2, 0.25) is 0 Å². The summed E-state index contributed by atoms with van der Waals surface area (Å²) < 4.78 is 0. The van der Waals surface area contributed by atoms with E-state index in [9.17, 15) is 0 Å². The molecule has 0 saturated carbocycles. The molecule has 4 aliphatic rings. The van der Waals surface area contributed by atoms with Crippen LogP contribution in [-0.2, 0) is 5.41 Å². The quantitative estimate of drug-likeness (QED) is 0.159. The summed E-state index contributed by atoms with van der Waals surface area (Å²) in [4.78, 5) is 5.07. The number of fused-ring (bicyclic) bond motifs is 14. The van der Waals surface area contributed by atoms with E-state index in [1.54, 1.807) is 0 Å². The summed E-state index contributed by atoms with van der Waals surface area (Å²) in [6.07, 6.45) is 0. The second-order valence-electron chi connectivity index (χ2n) is 19.1. The first-order valence-electron chi connectivity index (χ1n) is 24.5. The minimum Gasteiger partial charge on any atom is -0.311 e. The normalized spacial score (nSPS) is 13.7. The van der Waals surface area contributed by atoms with Crippen LogP contribution in [-0.4, -0.2) is 6.71 Å². The number of rotatable bonds is 5. The van der Waals surface area contributed by atoms with Gasteiger partial charge in [-0.2, -0.15) is 0 Å². The first-order valence-corrected chi connectivity index (χ1v) is 24.5. The molecule has 0 amide bonds. The van der Waals surface area contributed by atoms with Crippen molar-refractivity contribution in [1.82, 2.24) is 0 Å². The predicted octanol–water partition coefficient (Wildman–Crippen LogP) is 15.1. The first-order chi connectivity index (χ1) is 34.7. The van der Waals surface area contributed by atoms with Crippen LogP contribution in [0.4, 0.5) is 34.1 Å². The van der Waals surface area contributed by atoms with Gasteiger partial charge in [0.1, 0.15) is 0 Å². The molecule has 2 aliphatic heterocycles. The lowest BCUT2D eigenvalue weighted by Gasteiger charge is -2.44. The molecule has 0 unspecified atom stereocenters. The predicted molar refractivity (Wildman–Crippen MR) is 293 cm³/mol. The molecule has 0 aromatic heterocycles. The molecule has 2 heterocycles. The van der Waals surface area contributed by atoms with Gasteiger partial charge in [-0.1, -0.05) is 212 Å². The van der Waals surface area contributed by atoms with Gasteiger partial charge >= 0.3 is 0 Å². The van der Waals surface area contributed by atoms with Crippen LogP contribution >= 0.6 is 0 Å². The average molecular weight is 887 g/mol. The van der Waals surface area contributed by atoms with E-state index in [1.165, 1.54) is 117 Å². The van der Waals surface area contributed by atoms with Crippen molar-refractivity contribution in [2.24, 2.45) is 0 Å². The molecule has 1 spiro atoms. The third kappa shape index (κ3) is 5.46. The van der Waals surface area contributed by atoms with Gasteiger partial charge in [0.15, 0.2) is 0 Å². The van der Waals surface area contributed by atoms with Crippen molar-refractivity contribution in [2.75, 3.05) is 9.80 Å². The van der Waals surface area contributed by atoms with Crippen molar-refractivity contribution in [3.05, 3.63) is 283 Å². The molecule has 324 valence electrons. The standard InChI is InChI=1S/C67H43BN2/c1-4-17-44(18-5-1)47-31-35-50(36-32-47)69-62-39-33-48(45-19-6-2-7-20-45)41-60(62)68-61-42-49(46-21-8-3-9-22-46)34-40-63(61)70(65-30-16-29-64(69)66(65)68)51-37-38-59-55(43-51)54-25-12-15-28-58(54)67(59)56-26-13-10-23-52(56)53-24-11-14-27-57(53)67/h1-43H. The van der Waals surface area contributed by atoms with Crippen LogP contribution in [0.25, 0.3) is 55.6 Å². The lowest BCUT2D eigenvalue weighted by atomic mass is 9.33. The SMILES string of the molecule is c1ccc(-c2ccc(N3c4ccc(-c5ccccc5)cc4B4c5cc(-c6ccccc6)ccc5N(c5ccc6c(c5)-c5ccccc5C65c6ccccc6-c6ccccc65)c5cccc3c54)cc2)cc1. The van der Waals surface area contributed by atoms with Crippen LogP contribution in [0.2, 0.25) is 0 Å². The second-order valence-corrected chi connectivity index (χ2v) is 19.1. The minimum atomic E-state index is -0.407. The van der Waals surface area contributed by atoms with Gasteiger partial charge in [-0.3, -0.25) is 0 Å². The fraction of sp³-hybridized carbons (Fsp3) is 0.0149. The van der Waals surface area contributed by atoms with E-state index < -0.39 is 5.41 Å². The van der Waals surface area contributed by atoms with Gasteiger partial charge < -0.3 is 9.80 Å². The molecule has 11 aromatic carbocycles. The lowest BCUT2D eigenvalue weighted by molar-refractivity contribution is 0.794. The Bertz CT molecular complexity index is 3850. The molecular weight excluding hydrogens is 844 g/mol. The maximum atomic E-state index is 2.56. The Morgan fingerprint density at radius 2 is 0.643 bits per heavy atom. The minimum absolute atomic E-state index is 0.0375. The maximum absolute atomic E-state index is 2.56. The zero-order valence-electron chi connectivity index (χ0n) is 38.3. The van der Waals surface area contributed by atoms with Crippen LogP contribution in [0.5, 0.6) is 0 Å². The molecule has 70 heavy (non-hydrogen) atoms. The lowest BCUT2D eigenvalue weighted by Crippen LogP contribution is -2.61. The van der Waals surface area contributed by atoms with Crippen LogP contribution in [0.1, 0.15) is 22.3 Å². The van der Waals surface area contributed by atoms with Crippen molar-refractivity contribution < 1.29 is 0 Å². The Hall–Kier alpha value is -8.92. The summed E-state index contributed by atoms with van der Waals surface area (Å²) in [7, 11) is 0. The Kier molecular flexibility index (Phi) is 8.41. The van der Waals surface area contributed by atoms with E-state index in [0.717, 1.165) is 11.4 Å². The third-order valence-corrected chi connectivity index (χ3v) is 15.7. The first kappa shape index (κ1) is 39.1. The maximum Gasteiger partial charge on any atom is 0.252 e. The van der Waals surface area contributed by atoms with Crippen LogP contribution in [0.3, 0.4) is 0 Å². The molecule has 2 nitrogen and oxygen atoms in total. The zero-order valence-corrected chi connectivity index (χ0v) is 38.3. The number of hydrogen-bond donors (Lipinski definition) is 0. The Morgan fingerprint density at radius 3 is 1.16 bits per heavy atom. The smallest absolute Gasteiger partial charge is 0.252 e. The van der Waals surface area contributed by atoms with Crippen LogP contribution in [0.15, 0.2) is 261 Å². The highest BCUT2D eigenvalue weighted by atomic mass is 15.2. The summed E-state index contributed by atoms with van der Waals surface area (Å²) in [5.74, 6) is 0. The fourth-order valence-corrected chi connectivity index (χ4v) is 12.8. The van der Waals surface area contributed by atoms with Gasteiger partial charge in [-0.15, -0.1) is 0 Å². The second kappa shape index (κ2) is 15.0. The van der Waals surface area contributed by atoms with E-state index in [0.29, 0.717) is 0 Å². The molecule has 0 bridgehead atoms. The molecule has 15 rings (SSSR count). The number of benzene rings is 11. The van der Waals surface area contributed by atoms with Crippen molar-refractivity contribution in [2.45, 2.75) is 5.41 Å². The van der Waals surface area contributed by atoms with Crippen molar-refractivity contribution in [1.29, 1.82) is 0 Å². The van der Waals surface area contributed by atoms with Crippen molar-refractivity contribution in [3.63, 3.8) is 0 Å². The fourth-order valence-electron chi connectivity index (χ4n) is 12.8. The van der Waals surface area contributed by atoms with Crippen molar-refractivity contribution >= 4 is 57.2 Å². The van der Waals surface area contributed by atoms with Gasteiger partial charge in [-0.25, -0.2) is 0 Å². The van der Waals surface area contributed by atoms with Gasteiger partial charge in [0.25, 0.3) is 6.71 Å². The molecular formula is C67H43BN2.